The van der Waals surface area contributed by atoms with Crippen LogP contribution in [-0.2, 0) is 5.75 Å². The summed E-state index contributed by atoms with van der Waals surface area (Å²) < 4.78 is 12.9. The molecule has 0 aliphatic carbocycles. The smallest absolute Gasteiger partial charge is 0.130 e. The molecule has 1 rings (SSSR count). The summed E-state index contributed by atoms with van der Waals surface area (Å²) in [4.78, 5) is 0. The molecular weight excluding hydrogens is 147 g/mol. The molecule has 0 amide bonds. The van der Waals surface area contributed by atoms with E-state index in [4.69, 9.17) is 12.6 Å². The zero-order chi connectivity index (χ0) is 7.56. The van der Waals surface area contributed by atoms with Crippen molar-refractivity contribution in [3.63, 3.8) is 0 Å². The lowest BCUT2D eigenvalue weighted by molar-refractivity contribution is 0.608. The molecule has 0 nitrogen and oxygen atoms in total. The summed E-state index contributed by atoms with van der Waals surface area (Å²) >= 11 is 4.73. The number of aryl methyl sites for hydroxylation is 1. The summed E-state index contributed by atoms with van der Waals surface area (Å²) in [6.45, 7) is 1.74. The Labute approximate surface area is 65.5 Å². The maximum Gasteiger partial charge on any atom is 0.130 e. The van der Waals surface area contributed by atoms with Gasteiger partial charge in [0.2, 0.25) is 0 Å². The first kappa shape index (κ1) is 7.61. The molecule has 1 aromatic rings. The summed E-state index contributed by atoms with van der Waals surface area (Å²) in [6.07, 6.45) is 0. The fourth-order valence-corrected chi connectivity index (χ4v) is 1.04. The van der Waals surface area contributed by atoms with Gasteiger partial charge in [0.05, 0.1) is 0 Å². The Bertz CT molecular complexity index is 233. The van der Waals surface area contributed by atoms with Gasteiger partial charge in [0.25, 0.3) is 0 Å². The van der Waals surface area contributed by atoms with Crippen molar-refractivity contribution in [2.24, 2.45) is 0 Å². The maximum absolute atomic E-state index is 12.9. The molecule has 0 heterocycles. The number of benzene rings is 1. The largest absolute Gasteiger partial charge is 0.206 e. The predicted molar refractivity (Wildman–Crippen MR) is 42.4 cm³/mol. The zero-order valence-corrected chi connectivity index (χ0v) is 6.54. The van der Waals surface area contributed by atoms with Crippen LogP contribution >= 0.6 is 12.6 Å². The summed E-state index contributed by atoms with van der Waals surface area (Å²) in [6, 6.07) is 5.28. The van der Waals surface area contributed by atoms with Crippen molar-refractivity contribution >= 4 is 12.6 Å². The van der Waals surface area contributed by atoms with E-state index in [1.165, 1.54) is 0 Å². The third-order valence-electron chi connectivity index (χ3n) is 1.43. The normalized spacial score (nSPS) is 9.90. The molecule has 0 aliphatic rings. The van der Waals surface area contributed by atoms with Gasteiger partial charge in [-0.05, 0) is 18.1 Å². The van der Waals surface area contributed by atoms with Gasteiger partial charge in [0, 0.05) is 5.75 Å². The first-order valence-corrected chi connectivity index (χ1v) is 3.65. The minimum atomic E-state index is -0.155. The zero-order valence-electron chi connectivity index (χ0n) is 5.73. The van der Waals surface area contributed by atoms with Crippen molar-refractivity contribution in [3.05, 3.63) is 35.1 Å². The second-order valence-corrected chi connectivity index (χ2v) is 2.48. The third kappa shape index (κ3) is 1.32. The molecule has 0 saturated carbocycles. The summed E-state index contributed by atoms with van der Waals surface area (Å²) in [7, 11) is 0. The molecule has 0 aliphatic heterocycles. The molecule has 0 N–H and O–H groups in total. The average Bonchev–Trinajstić information content (AvgIpc) is 1.95. The van der Waals surface area contributed by atoms with Gasteiger partial charge in [-0.25, -0.2) is 4.39 Å². The highest BCUT2D eigenvalue weighted by atomic mass is 32.1. The molecule has 0 bridgehead atoms. The van der Waals surface area contributed by atoms with E-state index in [0.717, 1.165) is 0 Å². The Kier molecular flexibility index (Phi) is 2.33. The van der Waals surface area contributed by atoms with E-state index in [1.807, 2.05) is 6.07 Å². The van der Waals surface area contributed by atoms with Gasteiger partial charge < -0.3 is 0 Å². The van der Waals surface area contributed by atoms with Gasteiger partial charge >= 0.3 is 0 Å². The van der Waals surface area contributed by atoms with E-state index in [-0.39, 0.29) is 5.82 Å². The van der Waals surface area contributed by atoms with Crippen LogP contribution in [0.25, 0.3) is 0 Å². The minimum absolute atomic E-state index is 0.155. The Morgan fingerprint density at radius 2 is 2.20 bits per heavy atom. The topological polar surface area (TPSA) is 0 Å². The van der Waals surface area contributed by atoms with E-state index < -0.39 is 0 Å². The fourth-order valence-electron chi connectivity index (χ4n) is 0.820. The predicted octanol–water partition coefficient (Wildman–Crippen LogP) is 2.83. The van der Waals surface area contributed by atoms with Gasteiger partial charge in [-0.3, -0.25) is 0 Å². The van der Waals surface area contributed by atoms with E-state index in [1.54, 1.807) is 19.1 Å². The molecule has 0 spiro atoms. The number of rotatable bonds is 1. The van der Waals surface area contributed by atoms with Crippen LogP contribution in [0, 0.1) is 12.7 Å². The van der Waals surface area contributed by atoms with Crippen LogP contribution in [0.1, 0.15) is 11.1 Å². The van der Waals surface area contributed by atoms with Crippen LogP contribution in [0.2, 0.25) is 0 Å². The third-order valence-corrected chi connectivity index (χ3v) is 1.74. The van der Waals surface area contributed by atoms with Crippen molar-refractivity contribution in [1.29, 1.82) is 0 Å². The summed E-state index contributed by atoms with van der Waals surface area (Å²) in [5.74, 6) is 0.200. The Morgan fingerprint density at radius 1 is 1.50 bits per heavy atom. The quantitative estimate of drug-likeness (QED) is 0.585. The molecule has 0 fully saturated rings. The van der Waals surface area contributed by atoms with Gasteiger partial charge in [0.15, 0.2) is 0 Å². The molecule has 0 unspecified atom stereocenters. The molecule has 0 atom stereocenters. The molecule has 0 aromatic heterocycles. The second-order valence-electron chi connectivity index (χ2n) is 2.19. The first-order valence-electron chi connectivity index (χ1n) is 3.08. The van der Waals surface area contributed by atoms with E-state index in [0.29, 0.717) is 16.9 Å². The maximum atomic E-state index is 12.9. The van der Waals surface area contributed by atoms with Gasteiger partial charge in [0.1, 0.15) is 5.82 Å². The highest BCUT2D eigenvalue weighted by Gasteiger charge is 2.00. The van der Waals surface area contributed by atoms with Crippen molar-refractivity contribution in [2.75, 3.05) is 0 Å². The van der Waals surface area contributed by atoms with Crippen LogP contribution in [0.3, 0.4) is 0 Å². The number of hydrogen-bond donors (Lipinski definition) is 0. The van der Waals surface area contributed by atoms with E-state index >= 15 is 0 Å². The summed E-state index contributed by atoms with van der Waals surface area (Å²) in [5, 5.41) is 0. The van der Waals surface area contributed by atoms with Gasteiger partial charge in [-0.1, -0.05) is 30.8 Å². The Hall–Kier alpha value is -0.500. The average molecular weight is 155 g/mol. The Balaban J connectivity index is 3.14. The minimum Gasteiger partial charge on any atom is -0.206 e. The molecule has 2 heteroatoms. The fraction of sp³-hybridized carbons (Fsp3) is 0.250. The second kappa shape index (κ2) is 3.06. The molecule has 1 aromatic carbocycles. The molecular formula is C8H8FS. The van der Waals surface area contributed by atoms with Crippen molar-refractivity contribution in [2.45, 2.75) is 12.7 Å². The highest BCUT2D eigenvalue weighted by molar-refractivity contribution is 7.79. The van der Waals surface area contributed by atoms with E-state index in [2.05, 4.69) is 0 Å². The monoisotopic (exact) mass is 155 g/mol. The van der Waals surface area contributed by atoms with Crippen LogP contribution in [-0.4, -0.2) is 0 Å². The molecule has 10 heavy (non-hydrogen) atoms. The molecule has 1 radical (unpaired) electrons. The van der Waals surface area contributed by atoms with Crippen molar-refractivity contribution in [1.82, 2.24) is 0 Å². The number of hydrogen-bond acceptors (Lipinski definition) is 0. The van der Waals surface area contributed by atoms with Crippen LogP contribution in [0.15, 0.2) is 18.2 Å². The summed E-state index contributed by atoms with van der Waals surface area (Å²) in [5.41, 5.74) is 1.29. The lowest BCUT2D eigenvalue weighted by Crippen LogP contribution is -1.88. The first-order chi connectivity index (χ1) is 4.75. The Morgan fingerprint density at radius 3 is 2.70 bits per heavy atom. The lowest BCUT2D eigenvalue weighted by Gasteiger charge is -1.99. The lowest BCUT2D eigenvalue weighted by atomic mass is 10.1. The standard InChI is InChI=1S/C8H8FS/c1-6-3-2-4-7(5-10)8(6)9/h2-4H,5H2,1H3. The van der Waals surface area contributed by atoms with E-state index in [9.17, 15) is 4.39 Å². The number of halogens is 1. The van der Waals surface area contributed by atoms with Crippen LogP contribution in [0.5, 0.6) is 0 Å². The van der Waals surface area contributed by atoms with Crippen molar-refractivity contribution in [3.8, 4) is 0 Å². The van der Waals surface area contributed by atoms with Gasteiger partial charge in [-0.2, -0.15) is 0 Å². The molecule has 0 saturated heterocycles. The van der Waals surface area contributed by atoms with Crippen molar-refractivity contribution < 1.29 is 4.39 Å². The molecule has 53 valence electrons. The van der Waals surface area contributed by atoms with Crippen LogP contribution in [0.4, 0.5) is 4.39 Å². The SMILES string of the molecule is Cc1cccc(C[S])c1F. The highest BCUT2D eigenvalue weighted by Crippen LogP contribution is 2.12. The van der Waals surface area contributed by atoms with Gasteiger partial charge in [-0.15, -0.1) is 0 Å². The van der Waals surface area contributed by atoms with Crippen LogP contribution < -0.4 is 0 Å².